The number of benzene rings is 1. The normalized spacial score (nSPS) is 16.8. The van der Waals surface area contributed by atoms with Gasteiger partial charge >= 0.3 is 18.3 Å². The zero-order chi connectivity index (χ0) is 31.2. The molecule has 3 amide bonds. The van der Waals surface area contributed by atoms with Gasteiger partial charge in [0.1, 0.15) is 18.0 Å². The molecule has 17 heteroatoms. The Hall–Kier alpha value is -4.44. The Kier molecular flexibility index (Phi) is 7.82. The highest BCUT2D eigenvalue weighted by atomic mass is 19.4. The molecule has 1 N–H and O–H groups in total. The van der Waals surface area contributed by atoms with Crippen LogP contribution < -0.4 is 10.2 Å². The number of urea groups is 1. The summed E-state index contributed by atoms with van der Waals surface area (Å²) in [7, 11) is 1.01. The molecule has 226 valence electrons. The fourth-order valence-corrected chi connectivity index (χ4v) is 4.07. The van der Waals surface area contributed by atoms with Crippen LogP contribution in [0.5, 0.6) is 0 Å². The van der Waals surface area contributed by atoms with Crippen molar-refractivity contribution in [1.29, 1.82) is 0 Å². The SMILES string of the molecule is CN(C(=O)Nc1cnc(-n2cnc([C@@H]3CC(F)(F)CN3C(=O)OC(C)(C)C)n2)c(F)c1)c1cccc(C(F)(F)F)c1F. The van der Waals surface area contributed by atoms with Gasteiger partial charge in [0.2, 0.25) is 0 Å². The molecule has 4 rings (SSSR count). The molecule has 1 atom stereocenters. The Morgan fingerprint density at radius 1 is 1.14 bits per heavy atom. The number of anilines is 2. The van der Waals surface area contributed by atoms with Crippen molar-refractivity contribution in [1.82, 2.24) is 24.6 Å². The van der Waals surface area contributed by atoms with Crippen molar-refractivity contribution < 1.29 is 45.1 Å². The van der Waals surface area contributed by atoms with E-state index in [4.69, 9.17) is 4.74 Å². The predicted molar refractivity (Wildman–Crippen MR) is 133 cm³/mol. The van der Waals surface area contributed by atoms with E-state index in [9.17, 15) is 40.3 Å². The van der Waals surface area contributed by atoms with Crippen LogP contribution in [0.3, 0.4) is 0 Å². The van der Waals surface area contributed by atoms with Crippen LogP contribution in [0.4, 0.5) is 51.7 Å². The summed E-state index contributed by atoms with van der Waals surface area (Å²) >= 11 is 0. The number of carbonyl (C=O) groups is 2. The maximum absolute atomic E-state index is 15.0. The van der Waals surface area contributed by atoms with Gasteiger partial charge in [-0.15, -0.1) is 5.10 Å². The minimum atomic E-state index is -4.99. The second kappa shape index (κ2) is 10.8. The summed E-state index contributed by atoms with van der Waals surface area (Å²) in [5.41, 5.74) is -3.45. The molecule has 1 fully saturated rings. The maximum Gasteiger partial charge on any atom is 0.419 e. The molecular weight excluding hydrogens is 579 g/mol. The van der Waals surface area contributed by atoms with Gasteiger partial charge in [-0.1, -0.05) is 6.07 Å². The average molecular weight is 603 g/mol. The van der Waals surface area contributed by atoms with Gasteiger partial charge in [0.15, 0.2) is 23.3 Å². The highest BCUT2D eigenvalue weighted by molar-refractivity contribution is 6.01. The monoisotopic (exact) mass is 603 g/mol. The van der Waals surface area contributed by atoms with Gasteiger partial charge in [-0.05, 0) is 32.9 Å². The standard InChI is InChI=1S/C25H24F7N7O3/c1-23(2,3)42-22(41)38-11-24(28,29)9-17(38)19-34-12-39(36-19)20-15(26)8-13(10-33-20)35-21(40)37(4)16-7-5-6-14(18(16)27)25(30,31)32/h5-8,10,12,17H,9,11H2,1-4H3,(H,35,40)/t17-/m0/s1. The van der Waals surface area contributed by atoms with Crippen molar-refractivity contribution in [3.8, 4) is 5.82 Å². The summed E-state index contributed by atoms with van der Waals surface area (Å²) < 4.78 is 103. The lowest BCUT2D eigenvalue weighted by atomic mass is 10.1. The molecule has 1 aliphatic rings. The number of rotatable bonds is 4. The smallest absolute Gasteiger partial charge is 0.419 e. The lowest BCUT2D eigenvalue weighted by molar-refractivity contribution is -0.139. The van der Waals surface area contributed by atoms with Crippen LogP contribution in [0.1, 0.15) is 44.6 Å². The third kappa shape index (κ3) is 6.54. The first-order valence-electron chi connectivity index (χ1n) is 12.2. The molecule has 1 aliphatic heterocycles. The predicted octanol–water partition coefficient (Wildman–Crippen LogP) is 5.94. The Morgan fingerprint density at radius 2 is 1.83 bits per heavy atom. The topological polar surface area (TPSA) is 105 Å². The van der Waals surface area contributed by atoms with E-state index in [2.05, 4.69) is 20.4 Å². The van der Waals surface area contributed by atoms with E-state index in [1.54, 1.807) is 20.8 Å². The summed E-state index contributed by atoms with van der Waals surface area (Å²) in [6, 6.07) is 0.824. The van der Waals surface area contributed by atoms with Gasteiger partial charge < -0.3 is 10.1 Å². The molecule has 0 saturated carbocycles. The van der Waals surface area contributed by atoms with Gasteiger partial charge in [-0.2, -0.15) is 17.9 Å². The van der Waals surface area contributed by atoms with E-state index in [0.717, 1.165) is 47.4 Å². The first-order chi connectivity index (χ1) is 19.4. The third-order valence-corrected chi connectivity index (χ3v) is 5.95. The molecule has 0 aliphatic carbocycles. The van der Waals surface area contributed by atoms with Crippen LogP contribution >= 0.6 is 0 Å². The van der Waals surface area contributed by atoms with Crippen LogP contribution in [-0.4, -0.2) is 61.9 Å². The third-order valence-electron chi connectivity index (χ3n) is 5.95. The number of ether oxygens (including phenoxy) is 1. The first kappa shape index (κ1) is 30.5. The number of hydrogen-bond donors (Lipinski definition) is 1. The van der Waals surface area contributed by atoms with Crippen molar-refractivity contribution in [2.24, 2.45) is 0 Å². The number of amides is 3. The van der Waals surface area contributed by atoms with Crippen molar-refractivity contribution in [3.05, 3.63) is 59.8 Å². The minimum absolute atomic E-state index is 0.221. The number of hydrogen-bond acceptors (Lipinski definition) is 6. The summed E-state index contributed by atoms with van der Waals surface area (Å²) in [4.78, 5) is 34.2. The quantitative estimate of drug-likeness (QED) is 0.370. The van der Waals surface area contributed by atoms with Crippen LogP contribution in [0, 0.1) is 11.6 Å². The molecule has 0 spiro atoms. The molecule has 42 heavy (non-hydrogen) atoms. The summed E-state index contributed by atoms with van der Waals surface area (Å²) in [5.74, 6) is -6.65. The van der Waals surface area contributed by atoms with E-state index in [-0.39, 0.29) is 11.5 Å². The number of aromatic nitrogens is 4. The van der Waals surface area contributed by atoms with Gasteiger partial charge in [-0.25, -0.2) is 37.1 Å². The maximum atomic E-state index is 15.0. The van der Waals surface area contributed by atoms with Crippen LogP contribution in [0.25, 0.3) is 5.82 Å². The largest absolute Gasteiger partial charge is 0.444 e. The Balaban J connectivity index is 1.51. The lowest BCUT2D eigenvalue weighted by Gasteiger charge is -2.27. The number of likely N-dealkylation sites (tertiary alicyclic amines) is 1. The molecule has 10 nitrogen and oxygen atoms in total. The average Bonchev–Trinajstić information content (AvgIpc) is 3.46. The number of carbonyl (C=O) groups excluding carboxylic acids is 2. The minimum Gasteiger partial charge on any atom is -0.444 e. The van der Waals surface area contributed by atoms with E-state index < -0.39 is 77.5 Å². The number of nitrogens with zero attached hydrogens (tertiary/aromatic N) is 6. The first-order valence-corrected chi connectivity index (χ1v) is 12.2. The second-order valence-corrected chi connectivity index (χ2v) is 10.4. The van der Waals surface area contributed by atoms with Gasteiger partial charge in [0.05, 0.1) is 29.7 Å². The molecule has 0 unspecified atom stereocenters. The van der Waals surface area contributed by atoms with E-state index in [1.807, 2.05) is 0 Å². The highest BCUT2D eigenvalue weighted by Crippen LogP contribution is 2.41. The Labute approximate surface area is 234 Å². The number of pyridine rings is 1. The molecule has 3 heterocycles. The summed E-state index contributed by atoms with van der Waals surface area (Å²) in [5, 5.41) is 6.20. The number of alkyl halides is 5. The van der Waals surface area contributed by atoms with Gasteiger partial charge in [0.25, 0.3) is 5.92 Å². The lowest BCUT2D eigenvalue weighted by Crippen LogP contribution is -2.38. The molecule has 3 aromatic rings. The Bertz CT molecular complexity index is 1500. The van der Waals surface area contributed by atoms with Crippen molar-refractivity contribution in [2.75, 3.05) is 23.8 Å². The molecule has 1 saturated heterocycles. The van der Waals surface area contributed by atoms with Crippen molar-refractivity contribution in [2.45, 2.75) is 50.9 Å². The molecular formula is C25H24F7N7O3. The molecule has 0 radical (unpaired) electrons. The fraction of sp³-hybridized carbons (Fsp3) is 0.400. The zero-order valence-electron chi connectivity index (χ0n) is 22.5. The second-order valence-electron chi connectivity index (χ2n) is 10.4. The molecule has 2 aromatic heterocycles. The van der Waals surface area contributed by atoms with E-state index >= 15 is 0 Å². The Morgan fingerprint density at radius 3 is 2.45 bits per heavy atom. The summed E-state index contributed by atoms with van der Waals surface area (Å²) in [6.45, 7) is 3.79. The van der Waals surface area contributed by atoms with E-state index in [1.165, 1.54) is 0 Å². The van der Waals surface area contributed by atoms with Gasteiger partial charge in [-0.3, -0.25) is 9.80 Å². The van der Waals surface area contributed by atoms with E-state index in [0.29, 0.717) is 11.0 Å². The molecule has 1 aromatic carbocycles. The highest BCUT2D eigenvalue weighted by Gasteiger charge is 2.50. The van der Waals surface area contributed by atoms with Crippen LogP contribution in [0.2, 0.25) is 0 Å². The number of halogens is 7. The van der Waals surface area contributed by atoms with Crippen LogP contribution in [0.15, 0.2) is 36.8 Å². The zero-order valence-corrected chi connectivity index (χ0v) is 22.5. The fourth-order valence-electron chi connectivity index (χ4n) is 4.07. The van der Waals surface area contributed by atoms with Crippen molar-refractivity contribution >= 4 is 23.5 Å². The van der Waals surface area contributed by atoms with Gasteiger partial charge in [0, 0.05) is 19.5 Å². The van der Waals surface area contributed by atoms with Crippen LogP contribution in [-0.2, 0) is 10.9 Å². The van der Waals surface area contributed by atoms with Crippen molar-refractivity contribution in [3.63, 3.8) is 0 Å². The molecule has 0 bridgehead atoms. The summed E-state index contributed by atoms with van der Waals surface area (Å²) in [6.07, 6.45) is -4.82. The number of nitrogens with one attached hydrogen (secondary N) is 1.